The first-order valence-electron chi connectivity index (χ1n) is 11.1. The van der Waals surface area contributed by atoms with E-state index in [4.69, 9.17) is 5.10 Å². The topological polar surface area (TPSA) is 38.1 Å². The number of carbonyl (C=O) groups excluding carboxylic acids is 1. The summed E-state index contributed by atoms with van der Waals surface area (Å²) < 4.78 is 1.86. The molecule has 0 atom stereocenters. The molecule has 0 aliphatic heterocycles. The standard InChI is InChI=1S/C29H23N3OS/c33-28(31(25-13-6-2-7-14-25)21-23-11-4-1-5-12-23)19-18-24-22-32(26-15-8-3-9-16-26)30-29(24)27-17-10-20-34-27/h1-20,22H,21H2/b19-18+. The van der Waals surface area contributed by atoms with Gasteiger partial charge in [-0.05, 0) is 47.4 Å². The Morgan fingerprint density at radius 3 is 2.21 bits per heavy atom. The number of para-hydroxylation sites is 2. The molecule has 0 aliphatic carbocycles. The SMILES string of the molecule is O=C(/C=C/c1cn(-c2ccccc2)nc1-c1cccs1)N(Cc1ccccc1)c1ccccc1. The summed E-state index contributed by atoms with van der Waals surface area (Å²) in [6.07, 6.45) is 5.47. The molecule has 0 unspecified atom stereocenters. The molecular formula is C29H23N3OS. The molecule has 166 valence electrons. The van der Waals surface area contributed by atoms with E-state index in [2.05, 4.69) is 0 Å². The zero-order valence-electron chi connectivity index (χ0n) is 18.5. The van der Waals surface area contributed by atoms with E-state index in [1.807, 2.05) is 125 Å². The molecule has 0 fully saturated rings. The number of benzene rings is 3. The van der Waals surface area contributed by atoms with E-state index in [0.717, 1.165) is 33.1 Å². The lowest BCUT2D eigenvalue weighted by Crippen LogP contribution is -2.28. The second kappa shape index (κ2) is 10.1. The molecule has 4 nitrogen and oxygen atoms in total. The first-order chi connectivity index (χ1) is 16.8. The smallest absolute Gasteiger partial charge is 0.251 e. The monoisotopic (exact) mass is 461 g/mol. The van der Waals surface area contributed by atoms with Crippen LogP contribution in [0.5, 0.6) is 0 Å². The van der Waals surface area contributed by atoms with Crippen molar-refractivity contribution in [1.29, 1.82) is 0 Å². The summed E-state index contributed by atoms with van der Waals surface area (Å²) in [5, 5.41) is 6.86. The van der Waals surface area contributed by atoms with Crippen LogP contribution in [0, 0.1) is 0 Å². The van der Waals surface area contributed by atoms with Gasteiger partial charge in [0.1, 0.15) is 5.69 Å². The normalized spacial score (nSPS) is 11.1. The van der Waals surface area contributed by atoms with E-state index >= 15 is 0 Å². The summed E-state index contributed by atoms with van der Waals surface area (Å²) in [5.41, 5.74) is 4.66. The minimum Gasteiger partial charge on any atom is -0.304 e. The zero-order chi connectivity index (χ0) is 23.2. The minimum atomic E-state index is -0.0837. The fraction of sp³-hybridized carbons (Fsp3) is 0.0345. The van der Waals surface area contributed by atoms with Gasteiger partial charge in [0.25, 0.3) is 5.91 Å². The Labute approximate surface area is 203 Å². The average Bonchev–Trinajstić information content (AvgIpc) is 3.58. The second-order valence-corrected chi connectivity index (χ2v) is 8.72. The quantitative estimate of drug-likeness (QED) is 0.249. The third kappa shape index (κ3) is 4.90. The van der Waals surface area contributed by atoms with Crippen LogP contribution in [0.2, 0.25) is 0 Å². The van der Waals surface area contributed by atoms with Crippen LogP contribution in [0.4, 0.5) is 5.69 Å². The number of nitrogens with zero attached hydrogens (tertiary/aromatic N) is 3. The molecule has 34 heavy (non-hydrogen) atoms. The predicted molar refractivity (Wildman–Crippen MR) is 140 cm³/mol. The Kier molecular flexibility index (Phi) is 6.45. The Morgan fingerprint density at radius 1 is 0.853 bits per heavy atom. The highest BCUT2D eigenvalue weighted by molar-refractivity contribution is 7.13. The Morgan fingerprint density at radius 2 is 1.53 bits per heavy atom. The fourth-order valence-corrected chi connectivity index (χ4v) is 4.48. The van der Waals surface area contributed by atoms with Crippen molar-refractivity contribution in [3.63, 3.8) is 0 Å². The van der Waals surface area contributed by atoms with Crippen LogP contribution in [-0.4, -0.2) is 15.7 Å². The lowest BCUT2D eigenvalue weighted by atomic mass is 10.1. The molecule has 0 saturated heterocycles. The largest absolute Gasteiger partial charge is 0.304 e. The minimum absolute atomic E-state index is 0.0837. The van der Waals surface area contributed by atoms with Gasteiger partial charge in [-0.25, -0.2) is 4.68 Å². The van der Waals surface area contributed by atoms with Crippen molar-refractivity contribution in [1.82, 2.24) is 9.78 Å². The average molecular weight is 462 g/mol. The van der Waals surface area contributed by atoms with E-state index in [1.54, 1.807) is 22.3 Å². The van der Waals surface area contributed by atoms with Crippen LogP contribution in [0.3, 0.4) is 0 Å². The van der Waals surface area contributed by atoms with Crippen LogP contribution < -0.4 is 4.90 Å². The van der Waals surface area contributed by atoms with Gasteiger partial charge in [0.15, 0.2) is 0 Å². The van der Waals surface area contributed by atoms with Crippen molar-refractivity contribution in [3.8, 4) is 16.3 Å². The lowest BCUT2D eigenvalue weighted by molar-refractivity contribution is -0.114. The summed E-state index contributed by atoms with van der Waals surface area (Å²) in [7, 11) is 0. The van der Waals surface area contributed by atoms with Crippen molar-refractivity contribution in [2.24, 2.45) is 0 Å². The van der Waals surface area contributed by atoms with E-state index in [0.29, 0.717) is 6.54 Å². The van der Waals surface area contributed by atoms with Crippen molar-refractivity contribution in [2.75, 3.05) is 4.90 Å². The van der Waals surface area contributed by atoms with E-state index < -0.39 is 0 Å². The number of anilines is 1. The number of rotatable bonds is 7. The number of carbonyl (C=O) groups is 1. The molecule has 0 saturated carbocycles. The molecule has 0 bridgehead atoms. The van der Waals surface area contributed by atoms with Crippen molar-refractivity contribution < 1.29 is 4.79 Å². The summed E-state index contributed by atoms with van der Waals surface area (Å²) in [4.78, 5) is 16.3. The highest BCUT2D eigenvalue weighted by Gasteiger charge is 2.16. The molecule has 0 aliphatic rings. The third-order valence-electron chi connectivity index (χ3n) is 5.44. The Bertz CT molecular complexity index is 1380. The number of amides is 1. The molecule has 3 aromatic carbocycles. The van der Waals surface area contributed by atoms with Gasteiger partial charge in [0.2, 0.25) is 0 Å². The van der Waals surface area contributed by atoms with Crippen molar-refractivity contribution in [3.05, 3.63) is 132 Å². The van der Waals surface area contributed by atoms with Gasteiger partial charge in [-0.3, -0.25) is 4.79 Å². The van der Waals surface area contributed by atoms with Gasteiger partial charge in [0.05, 0.1) is 17.1 Å². The molecule has 2 aromatic heterocycles. The maximum atomic E-state index is 13.4. The van der Waals surface area contributed by atoms with Gasteiger partial charge in [-0.1, -0.05) is 72.8 Å². The Balaban J connectivity index is 1.48. The molecule has 2 heterocycles. The second-order valence-electron chi connectivity index (χ2n) is 7.77. The molecule has 0 N–H and O–H groups in total. The Hall–Kier alpha value is -4.22. The summed E-state index contributed by atoms with van der Waals surface area (Å²) in [6.45, 7) is 0.495. The van der Waals surface area contributed by atoms with Gasteiger partial charge in [-0.15, -0.1) is 11.3 Å². The van der Waals surface area contributed by atoms with Gasteiger partial charge in [-0.2, -0.15) is 5.10 Å². The number of thiophene rings is 1. The van der Waals surface area contributed by atoms with E-state index in [1.165, 1.54) is 0 Å². The van der Waals surface area contributed by atoms with Crippen molar-refractivity contribution in [2.45, 2.75) is 6.54 Å². The fourth-order valence-electron chi connectivity index (χ4n) is 3.75. The lowest BCUT2D eigenvalue weighted by Gasteiger charge is -2.21. The molecule has 0 radical (unpaired) electrons. The van der Waals surface area contributed by atoms with Gasteiger partial charge >= 0.3 is 0 Å². The zero-order valence-corrected chi connectivity index (χ0v) is 19.3. The summed E-state index contributed by atoms with van der Waals surface area (Å²) in [6, 6.07) is 33.8. The first-order valence-corrected chi connectivity index (χ1v) is 11.9. The highest BCUT2D eigenvalue weighted by Crippen LogP contribution is 2.29. The summed E-state index contributed by atoms with van der Waals surface area (Å²) >= 11 is 1.63. The van der Waals surface area contributed by atoms with E-state index in [9.17, 15) is 4.79 Å². The van der Waals surface area contributed by atoms with Crippen LogP contribution in [0.25, 0.3) is 22.3 Å². The number of aromatic nitrogens is 2. The van der Waals surface area contributed by atoms with Crippen LogP contribution in [0.1, 0.15) is 11.1 Å². The maximum Gasteiger partial charge on any atom is 0.251 e. The molecule has 0 spiro atoms. The molecule has 1 amide bonds. The summed E-state index contributed by atoms with van der Waals surface area (Å²) in [5.74, 6) is -0.0837. The van der Waals surface area contributed by atoms with Gasteiger partial charge < -0.3 is 4.90 Å². The number of hydrogen-bond donors (Lipinski definition) is 0. The molecule has 5 aromatic rings. The van der Waals surface area contributed by atoms with E-state index in [-0.39, 0.29) is 5.91 Å². The maximum absolute atomic E-state index is 13.4. The van der Waals surface area contributed by atoms with Crippen LogP contribution in [0.15, 0.2) is 121 Å². The third-order valence-corrected chi connectivity index (χ3v) is 6.32. The first kappa shape index (κ1) is 21.6. The van der Waals surface area contributed by atoms with Crippen molar-refractivity contribution >= 4 is 29.0 Å². The van der Waals surface area contributed by atoms with Crippen LogP contribution >= 0.6 is 11.3 Å². The predicted octanol–water partition coefficient (Wildman–Crippen LogP) is 6.85. The van der Waals surface area contributed by atoms with Gasteiger partial charge in [0, 0.05) is 23.5 Å². The number of hydrogen-bond acceptors (Lipinski definition) is 3. The molecule has 5 rings (SSSR count). The molecular weight excluding hydrogens is 438 g/mol. The highest BCUT2D eigenvalue weighted by atomic mass is 32.1. The molecule has 5 heteroatoms. The van der Waals surface area contributed by atoms with Crippen LogP contribution in [-0.2, 0) is 11.3 Å².